The van der Waals surface area contributed by atoms with Crippen LogP contribution in [0.5, 0.6) is 0 Å². The van der Waals surface area contributed by atoms with Crippen LogP contribution < -0.4 is 10.6 Å². The molecule has 1 unspecified atom stereocenters. The molecule has 0 saturated carbocycles. The van der Waals surface area contributed by atoms with Crippen molar-refractivity contribution in [2.24, 2.45) is 5.41 Å². The van der Waals surface area contributed by atoms with Crippen molar-refractivity contribution < 1.29 is 4.79 Å². The molecule has 3 nitrogen and oxygen atoms in total. The Balaban J connectivity index is 2.10. The van der Waals surface area contributed by atoms with E-state index < -0.39 is 0 Å². The molecule has 2 rings (SSSR count). The molecule has 1 aromatic rings. The molecular weight excluding hydrogens is 236 g/mol. The lowest BCUT2D eigenvalue weighted by Crippen LogP contribution is -2.35. The number of aryl methyl sites for hydroxylation is 1. The quantitative estimate of drug-likeness (QED) is 0.850. The van der Waals surface area contributed by atoms with E-state index >= 15 is 0 Å². The number of hydrogen-bond acceptors (Lipinski definition) is 2. The van der Waals surface area contributed by atoms with Crippen LogP contribution in [0.25, 0.3) is 0 Å². The van der Waals surface area contributed by atoms with Crippen LogP contribution in [0, 0.1) is 12.3 Å². The highest BCUT2D eigenvalue weighted by Crippen LogP contribution is 2.27. The molecule has 0 bridgehead atoms. The van der Waals surface area contributed by atoms with Crippen LogP contribution in [0.15, 0.2) is 18.2 Å². The van der Waals surface area contributed by atoms with Gasteiger partial charge in [0.1, 0.15) is 0 Å². The van der Waals surface area contributed by atoms with E-state index in [4.69, 9.17) is 11.6 Å². The van der Waals surface area contributed by atoms with E-state index in [1.54, 1.807) is 6.07 Å². The van der Waals surface area contributed by atoms with Gasteiger partial charge in [-0.25, -0.2) is 0 Å². The summed E-state index contributed by atoms with van der Waals surface area (Å²) in [7, 11) is 0. The number of rotatable bonds is 2. The molecular formula is C13H17ClN2O. The van der Waals surface area contributed by atoms with Gasteiger partial charge in [0.05, 0.1) is 5.41 Å². The molecule has 1 amide bonds. The van der Waals surface area contributed by atoms with Gasteiger partial charge in [-0.3, -0.25) is 4.79 Å². The molecule has 0 radical (unpaired) electrons. The molecule has 2 N–H and O–H groups in total. The number of benzene rings is 1. The number of nitrogens with one attached hydrogen (secondary N) is 2. The third kappa shape index (κ3) is 2.61. The lowest BCUT2D eigenvalue weighted by molar-refractivity contribution is -0.123. The van der Waals surface area contributed by atoms with Crippen LogP contribution in [0.1, 0.15) is 18.9 Å². The van der Waals surface area contributed by atoms with Gasteiger partial charge in [-0.1, -0.05) is 17.7 Å². The summed E-state index contributed by atoms with van der Waals surface area (Å²) >= 11 is 6.03. The third-order valence-corrected chi connectivity index (χ3v) is 3.75. The Morgan fingerprint density at radius 3 is 2.88 bits per heavy atom. The van der Waals surface area contributed by atoms with Gasteiger partial charge in [0.15, 0.2) is 0 Å². The zero-order valence-electron chi connectivity index (χ0n) is 10.1. The Bertz CT molecular complexity index is 439. The maximum Gasteiger partial charge on any atom is 0.231 e. The van der Waals surface area contributed by atoms with Gasteiger partial charge >= 0.3 is 0 Å². The fourth-order valence-electron chi connectivity index (χ4n) is 1.96. The minimum absolute atomic E-state index is 0.0578. The minimum atomic E-state index is -0.308. The van der Waals surface area contributed by atoms with Crippen LogP contribution in [0.2, 0.25) is 5.02 Å². The van der Waals surface area contributed by atoms with Crippen molar-refractivity contribution in [3.63, 3.8) is 0 Å². The largest absolute Gasteiger partial charge is 0.326 e. The molecule has 1 aliphatic rings. The summed E-state index contributed by atoms with van der Waals surface area (Å²) in [6.45, 7) is 5.56. The first-order chi connectivity index (χ1) is 8.01. The van der Waals surface area contributed by atoms with E-state index in [2.05, 4.69) is 10.6 Å². The second-order valence-corrected chi connectivity index (χ2v) is 5.31. The highest BCUT2D eigenvalue weighted by Gasteiger charge is 2.36. The summed E-state index contributed by atoms with van der Waals surface area (Å²) in [6.07, 6.45) is 0.873. The monoisotopic (exact) mass is 252 g/mol. The Labute approximate surface area is 107 Å². The van der Waals surface area contributed by atoms with Crippen molar-refractivity contribution in [3.8, 4) is 0 Å². The summed E-state index contributed by atoms with van der Waals surface area (Å²) in [5.41, 5.74) is 1.47. The molecule has 1 aliphatic heterocycles. The van der Waals surface area contributed by atoms with Crippen molar-refractivity contribution >= 4 is 23.2 Å². The number of carbonyl (C=O) groups is 1. The summed E-state index contributed by atoms with van der Waals surface area (Å²) in [4.78, 5) is 12.1. The SMILES string of the molecule is Cc1ccc(NC(=O)C2(C)CCNC2)cc1Cl. The van der Waals surface area contributed by atoms with Crippen LogP contribution in [-0.4, -0.2) is 19.0 Å². The number of carbonyl (C=O) groups excluding carboxylic acids is 1. The van der Waals surface area contributed by atoms with Gasteiger partial charge in [-0.15, -0.1) is 0 Å². The van der Waals surface area contributed by atoms with E-state index in [0.29, 0.717) is 5.02 Å². The molecule has 92 valence electrons. The van der Waals surface area contributed by atoms with Crippen molar-refractivity contribution in [1.29, 1.82) is 0 Å². The molecule has 0 aliphatic carbocycles. The third-order valence-electron chi connectivity index (χ3n) is 3.35. The lowest BCUT2D eigenvalue weighted by Gasteiger charge is -2.21. The van der Waals surface area contributed by atoms with Gasteiger partial charge in [0.2, 0.25) is 5.91 Å². The smallest absolute Gasteiger partial charge is 0.231 e. The number of amides is 1. The Morgan fingerprint density at radius 2 is 2.29 bits per heavy atom. The van der Waals surface area contributed by atoms with Crippen molar-refractivity contribution in [2.75, 3.05) is 18.4 Å². The molecule has 0 aromatic heterocycles. The van der Waals surface area contributed by atoms with Crippen LogP contribution in [0.3, 0.4) is 0 Å². The highest BCUT2D eigenvalue weighted by molar-refractivity contribution is 6.31. The molecule has 0 spiro atoms. The van der Waals surface area contributed by atoms with E-state index in [-0.39, 0.29) is 11.3 Å². The second-order valence-electron chi connectivity index (χ2n) is 4.91. The summed E-state index contributed by atoms with van der Waals surface area (Å²) in [6, 6.07) is 5.58. The standard InChI is InChI=1S/C13H17ClN2O/c1-9-3-4-10(7-11(9)14)16-12(17)13(2)5-6-15-8-13/h3-4,7,15H,5-6,8H2,1-2H3,(H,16,17). The molecule has 4 heteroatoms. The average Bonchev–Trinajstić information content (AvgIpc) is 2.72. The van der Waals surface area contributed by atoms with Gasteiger partial charge in [0.25, 0.3) is 0 Å². The predicted molar refractivity (Wildman–Crippen MR) is 70.4 cm³/mol. The van der Waals surface area contributed by atoms with Crippen LogP contribution in [-0.2, 0) is 4.79 Å². The molecule has 17 heavy (non-hydrogen) atoms. The predicted octanol–water partition coefficient (Wildman–Crippen LogP) is 2.59. The van der Waals surface area contributed by atoms with Gasteiger partial charge < -0.3 is 10.6 Å². The second kappa shape index (κ2) is 4.67. The maximum absolute atomic E-state index is 12.1. The first kappa shape index (κ1) is 12.4. The molecule has 1 saturated heterocycles. The topological polar surface area (TPSA) is 41.1 Å². The van der Waals surface area contributed by atoms with Gasteiger partial charge in [0, 0.05) is 17.3 Å². The fraction of sp³-hybridized carbons (Fsp3) is 0.462. The van der Waals surface area contributed by atoms with E-state index in [9.17, 15) is 4.79 Å². The summed E-state index contributed by atoms with van der Waals surface area (Å²) < 4.78 is 0. The first-order valence-corrected chi connectivity index (χ1v) is 6.17. The zero-order valence-corrected chi connectivity index (χ0v) is 10.9. The number of anilines is 1. The Morgan fingerprint density at radius 1 is 1.53 bits per heavy atom. The van der Waals surface area contributed by atoms with Crippen LogP contribution >= 0.6 is 11.6 Å². The summed E-state index contributed by atoms with van der Waals surface area (Å²) in [5.74, 6) is 0.0578. The van der Waals surface area contributed by atoms with E-state index in [0.717, 1.165) is 30.8 Å². The Hall–Kier alpha value is -1.06. The molecule has 1 fully saturated rings. The Kier molecular flexibility index (Phi) is 3.40. The van der Waals surface area contributed by atoms with E-state index in [1.807, 2.05) is 26.0 Å². The lowest BCUT2D eigenvalue weighted by atomic mass is 9.89. The maximum atomic E-state index is 12.1. The summed E-state index contributed by atoms with van der Waals surface area (Å²) in [5, 5.41) is 6.82. The van der Waals surface area contributed by atoms with Gasteiger partial charge in [-0.2, -0.15) is 0 Å². The zero-order chi connectivity index (χ0) is 12.5. The average molecular weight is 253 g/mol. The van der Waals surface area contributed by atoms with Gasteiger partial charge in [-0.05, 0) is 44.5 Å². The molecule has 1 atom stereocenters. The first-order valence-electron chi connectivity index (χ1n) is 5.80. The fourth-order valence-corrected chi connectivity index (χ4v) is 2.14. The molecule has 1 heterocycles. The molecule has 1 aromatic carbocycles. The van der Waals surface area contributed by atoms with Crippen LogP contribution in [0.4, 0.5) is 5.69 Å². The minimum Gasteiger partial charge on any atom is -0.326 e. The highest BCUT2D eigenvalue weighted by atomic mass is 35.5. The number of halogens is 1. The van der Waals surface area contributed by atoms with Crippen molar-refractivity contribution in [3.05, 3.63) is 28.8 Å². The van der Waals surface area contributed by atoms with E-state index in [1.165, 1.54) is 0 Å². The van der Waals surface area contributed by atoms with Crippen molar-refractivity contribution in [2.45, 2.75) is 20.3 Å². The number of hydrogen-bond donors (Lipinski definition) is 2. The normalized spacial score (nSPS) is 23.7. The van der Waals surface area contributed by atoms with Crippen molar-refractivity contribution in [1.82, 2.24) is 5.32 Å².